The average molecular weight is 295 g/mol. The molecular formula is C16H13N3O3. The van der Waals surface area contributed by atoms with Crippen molar-refractivity contribution < 1.29 is 14.7 Å². The molecule has 0 fully saturated rings. The molecule has 0 radical (unpaired) electrons. The first-order valence-electron chi connectivity index (χ1n) is 6.68. The van der Waals surface area contributed by atoms with Gasteiger partial charge >= 0.3 is 5.97 Å². The fraction of sp³-hybridized carbons (Fsp3) is 0.0625. The van der Waals surface area contributed by atoms with Gasteiger partial charge in [-0.2, -0.15) is 5.10 Å². The summed E-state index contributed by atoms with van der Waals surface area (Å²) in [7, 11) is 0. The highest BCUT2D eigenvalue weighted by Crippen LogP contribution is 2.15. The van der Waals surface area contributed by atoms with Gasteiger partial charge in [0.2, 0.25) is 0 Å². The summed E-state index contributed by atoms with van der Waals surface area (Å²) in [5, 5.41) is 19.3. The molecule has 2 aromatic carbocycles. The lowest BCUT2D eigenvalue weighted by Gasteiger charge is -2.05. The number of benzene rings is 2. The van der Waals surface area contributed by atoms with Crippen LogP contribution in [0.1, 0.15) is 26.4 Å². The fourth-order valence-electron chi connectivity index (χ4n) is 2.22. The van der Waals surface area contributed by atoms with E-state index in [-0.39, 0.29) is 18.0 Å². The summed E-state index contributed by atoms with van der Waals surface area (Å²) >= 11 is 0. The van der Waals surface area contributed by atoms with E-state index in [4.69, 9.17) is 5.11 Å². The number of carboxylic acids is 1. The molecule has 0 saturated heterocycles. The van der Waals surface area contributed by atoms with Gasteiger partial charge in [-0.1, -0.05) is 30.3 Å². The molecule has 3 rings (SSSR count). The summed E-state index contributed by atoms with van der Waals surface area (Å²) in [6.45, 7) is 0.237. The zero-order chi connectivity index (χ0) is 15.5. The largest absolute Gasteiger partial charge is 0.478 e. The number of aromatic carboxylic acids is 1. The van der Waals surface area contributed by atoms with Crippen molar-refractivity contribution >= 4 is 22.8 Å². The molecule has 22 heavy (non-hydrogen) atoms. The molecule has 3 N–H and O–H groups in total. The van der Waals surface area contributed by atoms with Crippen LogP contribution in [0.3, 0.4) is 0 Å². The summed E-state index contributed by atoms with van der Waals surface area (Å²) in [5.74, 6) is -1.30. The Labute approximate surface area is 125 Å². The van der Waals surface area contributed by atoms with Crippen LogP contribution in [0.5, 0.6) is 0 Å². The predicted molar refractivity (Wildman–Crippen MR) is 80.7 cm³/mol. The molecule has 0 saturated carbocycles. The van der Waals surface area contributed by atoms with Gasteiger partial charge in [0, 0.05) is 11.9 Å². The number of aromatic amines is 1. The number of hydrogen-bond donors (Lipinski definition) is 3. The minimum atomic E-state index is -0.994. The summed E-state index contributed by atoms with van der Waals surface area (Å²) < 4.78 is 0. The number of hydrogen-bond acceptors (Lipinski definition) is 3. The fourth-order valence-corrected chi connectivity index (χ4v) is 2.22. The van der Waals surface area contributed by atoms with E-state index >= 15 is 0 Å². The molecule has 6 heteroatoms. The van der Waals surface area contributed by atoms with Crippen molar-refractivity contribution in [2.24, 2.45) is 0 Å². The summed E-state index contributed by atoms with van der Waals surface area (Å²) in [6.07, 6.45) is 0. The number of para-hydroxylation sites is 1. The molecule has 1 heterocycles. The van der Waals surface area contributed by atoms with E-state index in [0.717, 1.165) is 10.9 Å². The Kier molecular flexibility index (Phi) is 3.57. The van der Waals surface area contributed by atoms with Crippen molar-refractivity contribution in [3.63, 3.8) is 0 Å². The molecule has 0 spiro atoms. The van der Waals surface area contributed by atoms with Gasteiger partial charge in [-0.25, -0.2) is 4.79 Å². The molecule has 110 valence electrons. The van der Waals surface area contributed by atoms with Crippen molar-refractivity contribution in [2.75, 3.05) is 0 Å². The zero-order valence-corrected chi connectivity index (χ0v) is 11.5. The van der Waals surface area contributed by atoms with Crippen molar-refractivity contribution in [3.8, 4) is 0 Å². The summed E-state index contributed by atoms with van der Waals surface area (Å²) in [5.41, 5.74) is 2.02. The number of carbonyl (C=O) groups excluding carboxylic acids is 1. The summed E-state index contributed by atoms with van der Waals surface area (Å²) in [6, 6.07) is 13.8. The van der Waals surface area contributed by atoms with Crippen molar-refractivity contribution in [1.29, 1.82) is 0 Å². The van der Waals surface area contributed by atoms with Crippen LogP contribution in [0.25, 0.3) is 10.9 Å². The number of carboxylic acid groups (broad SMARTS) is 1. The van der Waals surface area contributed by atoms with Gasteiger partial charge in [0.25, 0.3) is 5.91 Å². The van der Waals surface area contributed by atoms with E-state index in [1.807, 2.05) is 24.3 Å². The number of nitrogens with zero attached hydrogens (tertiary/aromatic N) is 1. The van der Waals surface area contributed by atoms with Crippen LogP contribution in [-0.4, -0.2) is 27.2 Å². The van der Waals surface area contributed by atoms with Gasteiger partial charge in [0.1, 0.15) is 0 Å². The number of carbonyl (C=O) groups is 2. The number of rotatable bonds is 4. The highest BCUT2D eigenvalue weighted by Gasteiger charge is 2.13. The van der Waals surface area contributed by atoms with Crippen LogP contribution in [0.2, 0.25) is 0 Å². The number of nitrogens with one attached hydrogen (secondary N) is 2. The average Bonchev–Trinajstić information content (AvgIpc) is 2.97. The van der Waals surface area contributed by atoms with Crippen LogP contribution in [0, 0.1) is 0 Å². The maximum absolute atomic E-state index is 12.2. The van der Waals surface area contributed by atoms with E-state index in [2.05, 4.69) is 15.5 Å². The number of aromatic nitrogens is 2. The van der Waals surface area contributed by atoms with Gasteiger partial charge in [-0.15, -0.1) is 0 Å². The maximum atomic E-state index is 12.2. The van der Waals surface area contributed by atoms with E-state index in [1.54, 1.807) is 12.1 Å². The molecule has 0 unspecified atom stereocenters. The second kappa shape index (κ2) is 5.69. The first-order chi connectivity index (χ1) is 10.6. The third-order valence-electron chi connectivity index (χ3n) is 3.31. The maximum Gasteiger partial charge on any atom is 0.335 e. The highest BCUT2D eigenvalue weighted by atomic mass is 16.4. The zero-order valence-electron chi connectivity index (χ0n) is 11.5. The Morgan fingerprint density at radius 1 is 1.14 bits per heavy atom. The lowest BCUT2D eigenvalue weighted by molar-refractivity contribution is 0.0696. The van der Waals surface area contributed by atoms with Crippen LogP contribution < -0.4 is 5.32 Å². The quantitative estimate of drug-likeness (QED) is 0.687. The van der Waals surface area contributed by atoms with Gasteiger partial charge in [-0.3, -0.25) is 9.89 Å². The Morgan fingerprint density at radius 3 is 2.77 bits per heavy atom. The third kappa shape index (κ3) is 2.67. The molecule has 0 aliphatic rings. The van der Waals surface area contributed by atoms with E-state index < -0.39 is 5.97 Å². The molecule has 3 aromatic rings. The van der Waals surface area contributed by atoms with Gasteiger partial charge < -0.3 is 10.4 Å². The highest BCUT2D eigenvalue weighted by molar-refractivity contribution is 6.04. The van der Waals surface area contributed by atoms with E-state index in [1.165, 1.54) is 12.1 Å². The third-order valence-corrected chi connectivity index (χ3v) is 3.31. The number of fused-ring (bicyclic) bond motifs is 1. The Hall–Kier alpha value is -3.15. The Bertz CT molecular complexity index is 854. The minimum Gasteiger partial charge on any atom is -0.478 e. The lowest BCUT2D eigenvalue weighted by Crippen LogP contribution is -2.23. The molecule has 1 amide bonds. The van der Waals surface area contributed by atoms with Crippen LogP contribution >= 0.6 is 0 Å². The second-order valence-corrected chi connectivity index (χ2v) is 4.81. The lowest BCUT2D eigenvalue weighted by atomic mass is 10.1. The molecule has 1 aromatic heterocycles. The smallest absolute Gasteiger partial charge is 0.335 e. The number of amides is 1. The van der Waals surface area contributed by atoms with Gasteiger partial charge in [0.05, 0.1) is 11.1 Å². The second-order valence-electron chi connectivity index (χ2n) is 4.81. The Balaban J connectivity index is 1.75. The topological polar surface area (TPSA) is 95.1 Å². The van der Waals surface area contributed by atoms with E-state index in [0.29, 0.717) is 11.3 Å². The molecule has 0 aliphatic heterocycles. The minimum absolute atomic E-state index is 0.192. The number of H-pyrrole nitrogens is 1. The first-order valence-corrected chi connectivity index (χ1v) is 6.68. The Morgan fingerprint density at radius 2 is 1.95 bits per heavy atom. The normalized spacial score (nSPS) is 10.5. The molecule has 6 nitrogen and oxygen atoms in total. The summed E-state index contributed by atoms with van der Waals surface area (Å²) in [4.78, 5) is 23.1. The van der Waals surface area contributed by atoms with Gasteiger partial charge in [-0.05, 0) is 23.8 Å². The van der Waals surface area contributed by atoms with Crippen LogP contribution in [0.4, 0.5) is 0 Å². The first kappa shape index (κ1) is 13.8. The molecule has 0 bridgehead atoms. The van der Waals surface area contributed by atoms with Crippen molar-refractivity contribution in [3.05, 3.63) is 65.4 Å². The van der Waals surface area contributed by atoms with Gasteiger partial charge in [0.15, 0.2) is 5.69 Å². The predicted octanol–water partition coefficient (Wildman–Crippen LogP) is 2.19. The van der Waals surface area contributed by atoms with Crippen LogP contribution in [-0.2, 0) is 6.54 Å². The SMILES string of the molecule is O=C(O)c1cccc(CNC(=O)c2n[nH]c3ccccc23)c1. The molecule has 0 atom stereocenters. The standard InChI is InChI=1S/C16H13N3O3/c20-15(14-12-6-1-2-7-13(12)18-19-14)17-9-10-4-3-5-11(8-10)16(21)22/h1-8H,9H2,(H,17,20)(H,18,19)(H,21,22). The van der Waals surface area contributed by atoms with Crippen LogP contribution in [0.15, 0.2) is 48.5 Å². The molecule has 0 aliphatic carbocycles. The van der Waals surface area contributed by atoms with E-state index in [9.17, 15) is 9.59 Å². The van der Waals surface area contributed by atoms with Crippen molar-refractivity contribution in [2.45, 2.75) is 6.54 Å². The van der Waals surface area contributed by atoms with Crippen molar-refractivity contribution in [1.82, 2.24) is 15.5 Å². The molecular weight excluding hydrogens is 282 g/mol. The monoisotopic (exact) mass is 295 g/mol.